The van der Waals surface area contributed by atoms with Gasteiger partial charge in [-0.2, -0.15) is 0 Å². The second kappa shape index (κ2) is 13.7. The van der Waals surface area contributed by atoms with E-state index in [1.165, 1.54) is 31.2 Å². The van der Waals surface area contributed by atoms with Gasteiger partial charge in [-0.25, -0.2) is 0 Å². The Morgan fingerprint density at radius 3 is 2.14 bits per heavy atom. The number of hydrogen-bond acceptors (Lipinski definition) is 4. The van der Waals surface area contributed by atoms with Gasteiger partial charge in [-0.1, -0.05) is 86.8 Å². The molecule has 3 aromatic carbocycles. The van der Waals surface area contributed by atoms with Crippen LogP contribution in [0.4, 0.5) is 5.69 Å². The summed E-state index contributed by atoms with van der Waals surface area (Å²) in [4.78, 5) is 45.9. The zero-order valence-electron chi connectivity index (χ0n) is 24.6. The Labute approximate surface area is 249 Å². The molecule has 1 N–H and O–H groups in total. The molecule has 2 aliphatic rings. The van der Waals surface area contributed by atoms with Crippen LogP contribution in [0.25, 0.3) is 0 Å². The van der Waals surface area contributed by atoms with Crippen molar-refractivity contribution in [3.05, 3.63) is 102 Å². The van der Waals surface area contributed by atoms with Crippen LogP contribution in [0.15, 0.2) is 84.9 Å². The molecule has 2 heterocycles. The Morgan fingerprint density at radius 1 is 0.810 bits per heavy atom. The predicted octanol–water partition coefficient (Wildman–Crippen LogP) is 5.41. The van der Waals surface area contributed by atoms with E-state index < -0.39 is 5.54 Å². The Hall–Kier alpha value is -4.13. The molecule has 1 spiro atoms. The Balaban J connectivity index is 1.23. The van der Waals surface area contributed by atoms with Gasteiger partial charge in [-0.05, 0) is 61.1 Å². The van der Waals surface area contributed by atoms with E-state index in [1.807, 2.05) is 77.7 Å². The molecule has 2 aliphatic heterocycles. The standard InChI is InChI=1S/C35H42N4O3/c1-2-3-4-7-12-28-17-19-30(20-18-28)33(41)37-23-21-35(22-24-37)34(42)38(27-39(35)31-15-10-6-11-16-31)26-32(40)36-25-29-13-8-5-9-14-29/h5-6,8-11,13-20H,2-4,7,12,21-27H2,1H3,(H,36,40). The number of rotatable bonds is 11. The number of nitrogens with zero attached hydrogens (tertiary/aromatic N) is 3. The summed E-state index contributed by atoms with van der Waals surface area (Å²) in [6, 6.07) is 27.7. The molecular formula is C35H42N4O3. The molecule has 0 aliphatic carbocycles. The Bertz CT molecular complexity index is 1340. The molecule has 0 bridgehead atoms. The monoisotopic (exact) mass is 566 g/mol. The molecule has 3 aromatic rings. The van der Waals surface area contributed by atoms with E-state index in [0.717, 1.165) is 17.7 Å². The number of likely N-dealkylation sites (tertiary alicyclic amines) is 1. The molecule has 7 nitrogen and oxygen atoms in total. The minimum atomic E-state index is -0.778. The van der Waals surface area contributed by atoms with Gasteiger partial charge in [-0.15, -0.1) is 0 Å². The van der Waals surface area contributed by atoms with Gasteiger partial charge in [0.15, 0.2) is 0 Å². The number of benzene rings is 3. The first-order valence-electron chi connectivity index (χ1n) is 15.3. The third-order valence-corrected chi connectivity index (χ3v) is 8.65. The van der Waals surface area contributed by atoms with Gasteiger partial charge in [0.1, 0.15) is 12.1 Å². The molecular weight excluding hydrogens is 524 g/mol. The second-order valence-corrected chi connectivity index (χ2v) is 11.5. The van der Waals surface area contributed by atoms with Crippen LogP contribution in [0.5, 0.6) is 0 Å². The second-order valence-electron chi connectivity index (χ2n) is 11.5. The molecule has 2 saturated heterocycles. The molecule has 2 fully saturated rings. The van der Waals surface area contributed by atoms with E-state index in [2.05, 4.69) is 29.3 Å². The number of carbonyl (C=O) groups excluding carboxylic acids is 3. The van der Waals surface area contributed by atoms with Crippen molar-refractivity contribution >= 4 is 23.4 Å². The first-order valence-corrected chi connectivity index (χ1v) is 15.3. The van der Waals surface area contributed by atoms with E-state index in [0.29, 0.717) is 44.7 Å². The van der Waals surface area contributed by atoms with E-state index in [9.17, 15) is 14.4 Å². The lowest BCUT2D eigenvalue weighted by molar-refractivity contribution is -0.137. The Kier molecular flexibility index (Phi) is 9.57. The highest BCUT2D eigenvalue weighted by atomic mass is 16.2. The minimum absolute atomic E-state index is 0.00416. The number of hydrogen-bond donors (Lipinski definition) is 1. The fourth-order valence-electron chi connectivity index (χ4n) is 6.18. The fraction of sp³-hybridized carbons (Fsp3) is 0.400. The van der Waals surface area contributed by atoms with Crippen molar-refractivity contribution in [1.82, 2.24) is 15.1 Å². The number of amides is 3. The maximum Gasteiger partial charge on any atom is 0.253 e. The zero-order valence-corrected chi connectivity index (χ0v) is 24.6. The highest BCUT2D eigenvalue weighted by Crippen LogP contribution is 2.39. The van der Waals surface area contributed by atoms with Gasteiger partial charge in [-0.3, -0.25) is 14.4 Å². The van der Waals surface area contributed by atoms with Gasteiger partial charge >= 0.3 is 0 Å². The summed E-state index contributed by atoms with van der Waals surface area (Å²) in [5.74, 6) is -0.212. The number of anilines is 1. The van der Waals surface area contributed by atoms with Crippen molar-refractivity contribution in [2.75, 3.05) is 31.2 Å². The number of unbranched alkanes of at least 4 members (excludes halogenated alkanes) is 3. The van der Waals surface area contributed by atoms with Crippen molar-refractivity contribution in [3.8, 4) is 0 Å². The van der Waals surface area contributed by atoms with Crippen molar-refractivity contribution in [3.63, 3.8) is 0 Å². The van der Waals surface area contributed by atoms with Crippen LogP contribution in [0.2, 0.25) is 0 Å². The molecule has 220 valence electrons. The number of carbonyl (C=O) groups is 3. The summed E-state index contributed by atoms with van der Waals surface area (Å²) < 4.78 is 0. The SMILES string of the molecule is CCCCCCc1ccc(C(=O)N2CCC3(CC2)C(=O)N(CC(=O)NCc2ccccc2)CN3c2ccccc2)cc1. The average Bonchev–Trinajstić information content (AvgIpc) is 3.29. The molecule has 0 radical (unpaired) electrons. The van der Waals surface area contributed by atoms with Gasteiger partial charge in [0, 0.05) is 30.9 Å². The lowest BCUT2D eigenvalue weighted by atomic mass is 9.85. The van der Waals surface area contributed by atoms with Crippen molar-refractivity contribution < 1.29 is 14.4 Å². The number of nitrogens with one attached hydrogen (secondary N) is 1. The van der Waals surface area contributed by atoms with Crippen LogP contribution in [0.1, 0.15) is 66.9 Å². The molecule has 0 aromatic heterocycles. The average molecular weight is 567 g/mol. The minimum Gasteiger partial charge on any atom is -0.350 e. The first-order chi connectivity index (χ1) is 20.5. The summed E-state index contributed by atoms with van der Waals surface area (Å²) in [6.45, 7) is 3.96. The summed E-state index contributed by atoms with van der Waals surface area (Å²) in [5, 5.41) is 2.95. The fourth-order valence-corrected chi connectivity index (χ4v) is 6.18. The topological polar surface area (TPSA) is 73.0 Å². The van der Waals surface area contributed by atoms with Gasteiger partial charge < -0.3 is 20.0 Å². The molecule has 7 heteroatoms. The quantitative estimate of drug-likeness (QED) is 0.315. The maximum absolute atomic E-state index is 14.0. The van der Waals surface area contributed by atoms with E-state index >= 15 is 0 Å². The van der Waals surface area contributed by atoms with Crippen LogP contribution in [0.3, 0.4) is 0 Å². The summed E-state index contributed by atoms with van der Waals surface area (Å²) >= 11 is 0. The summed E-state index contributed by atoms with van der Waals surface area (Å²) in [7, 11) is 0. The normalized spacial score (nSPS) is 16.2. The van der Waals surface area contributed by atoms with Crippen LogP contribution in [-0.2, 0) is 22.6 Å². The number of piperidine rings is 1. The lowest BCUT2D eigenvalue weighted by Crippen LogP contribution is -2.57. The van der Waals surface area contributed by atoms with Gasteiger partial charge in [0.25, 0.3) is 11.8 Å². The lowest BCUT2D eigenvalue weighted by Gasteiger charge is -2.43. The van der Waals surface area contributed by atoms with Crippen molar-refractivity contribution in [2.24, 2.45) is 0 Å². The zero-order chi connectivity index (χ0) is 29.4. The van der Waals surface area contributed by atoms with Crippen LogP contribution < -0.4 is 10.2 Å². The number of para-hydroxylation sites is 1. The van der Waals surface area contributed by atoms with E-state index in [1.54, 1.807) is 4.90 Å². The van der Waals surface area contributed by atoms with E-state index in [-0.39, 0.29) is 24.3 Å². The van der Waals surface area contributed by atoms with Crippen LogP contribution in [0, 0.1) is 0 Å². The highest BCUT2D eigenvalue weighted by molar-refractivity contribution is 5.97. The van der Waals surface area contributed by atoms with E-state index in [4.69, 9.17) is 0 Å². The van der Waals surface area contributed by atoms with Crippen LogP contribution in [-0.4, -0.2) is 59.4 Å². The molecule has 3 amide bonds. The van der Waals surface area contributed by atoms with Gasteiger partial charge in [0.05, 0.1) is 6.67 Å². The highest BCUT2D eigenvalue weighted by Gasteiger charge is 2.54. The molecule has 0 saturated carbocycles. The van der Waals surface area contributed by atoms with Crippen molar-refractivity contribution in [1.29, 1.82) is 0 Å². The molecule has 0 atom stereocenters. The maximum atomic E-state index is 14.0. The first kappa shape index (κ1) is 29.4. The smallest absolute Gasteiger partial charge is 0.253 e. The predicted molar refractivity (Wildman–Crippen MR) is 166 cm³/mol. The van der Waals surface area contributed by atoms with Crippen LogP contribution >= 0.6 is 0 Å². The molecule has 42 heavy (non-hydrogen) atoms. The molecule has 5 rings (SSSR count). The third kappa shape index (κ3) is 6.67. The summed E-state index contributed by atoms with van der Waals surface area (Å²) in [5.41, 5.74) is 3.15. The largest absolute Gasteiger partial charge is 0.350 e. The molecule has 0 unspecified atom stereocenters. The summed E-state index contributed by atoms with van der Waals surface area (Å²) in [6.07, 6.45) is 6.97. The van der Waals surface area contributed by atoms with Gasteiger partial charge in [0.2, 0.25) is 5.91 Å². The third-order valence-electron chi connectivity index (χ3n) is 8.65. The van der Waals surface area contributed by atoms with Crippen molar-refractivity contribution in [2.45, 2.75) is 64.0 Å². The Morgan fingerprint density at radius 2 is 1.48 bits per heavy atom. The number of aryl methyl sites for hydroxylation is 1.